The van der Waals surface area contributed by atoms with Gasteiger partial charge in [-0.15, -0.1) is 11.8 Å². The van der Waals surface area contributed by atoms with Crippen molar-refractivity contribution in [1.29, 1.82) is 0 Å². The van der Waals surface area contributed by atoms with Gasteiger partial charge in [0.2, 0.25) is 5.91 Å². The van der Waals surface area contributed by atoms with Gasteiger partial charge < -0.3 is 19.9 Å². The molecule has 0 radical (unpaired) electrons. The molecule has 2 atom stereocenters. The van der Waals surface area contributed by atoms with Gasteiger partial charge >= 0.3 is 5.97 Å². The number of carbonyl (C=O) groups is 3. The molecular formula is C21H26N2O6S. The first-order chi connectivity index (χ1) is 14.1. The molecule has 1 fully saturated rings. The molecule has 0 aromatic heterocycles. The maximum atomic E-state index is 12.7. The molecule has 0 spiro atoms. The third-order valence-corrected chi connectivity index (χ3v) is 5.70. The summed E-state index contributed by atoms with van der Waals surface area (Å²) >= 11 is 1.28. The molecule has 1 aromatic carbocycles. The van der Waals surface area contributed by atoms with Crippen LogP contribution in [0.5, 0.6) is 5.75 Å². The molecule has 3 rings (SSSR count). The van der Waals surface area contributed by atoms with E-state index >= 15 is 0 Å². The Morgan fingerprint density at radius 1 is 1.33 bits per heavy atom. The van der Waals surface area contributed by atoms with Gasteiger partial charge in [0.1, 0.15) is 28.5 Å². The minimum Gasteiger partial charge on any atom is -0.509 e. The lowest BCUT2D eigenvalue weighted by molar-refractivity contribution is -0.159. The Kier molecular flexibility index (Phi) is 6.30. The monoisotopic (exact) mass is 434 g/mol. The summed E-state index contributed by atoms with van der Waals surface area (Å²) in [6.07, 6.45) is 0.0993. The Hall–Kier alpha value is -2.68. The van der Waals surface area contributed by atoms with Crippen LogP contribution in [0.1, 0.15) is 33.3 Å². The quantitative estimate of drug-likeness (QED) is 0.522. The zero-order chi connectivity index (χ0) is 22.1. The second kappa shape index (κ2) is 8.59. The number of aliphatic hydroxyl groups excluding tert-OH is 1. The zero-order valence-corrected chi connectivity index (χ0v) is 18.2. The first-order valence-electron chi connectivity index (χ1n) is 9.72. The van der Waals surface area contributed by atoms with Crippen molar-refractivity contribution in [3.05, 3.63) is 41.3 Å². The number of nitrogens with one attached hydrogen (secondary N) is 1. The number of rotatable bonds is 6. The van der Waals surface area contributed by atoms with Crippen molar-refractivity contribution in [3.63, 3.8) is 0 Å². The molecule has 0 bridgehead atoms. The third kappa shape index (κ3) is 4.72. The van der Waals surface area contributed by atoms with Gasteiger partial charge in [-0.25, -0.2) is 4.79 Å². The zero-order valence-electron chi connectivity index (χ0n) is 17.4. The van der Waals surface area contributed by atoms with Gasteiger partial charge in [0.05, 0.1) is 18.8 Å². The Labute approximate surface area is 179 Å². The Bertz CT molecular complexity index is 892. The summed E-state index contributed by atoms with van der Waals surface area (Å²) in [6.45, 7) is 7.53. The van der Waals surface area contributed by atoms with Crippen LogP contribution in [0, 0.1) is 0 Å². The van der Waals surface area contributed by atoms with Crippen LogP contribution in [-0.2, 0) is 25.5 Å². The summed E-state index contributed by atoms with van der Waals surface area (Å²) in [5.41, 5.74) is -0.138. The van der Waals surface area contributed by atoms with E-state index in [1.54, 1.807) is 26.8 Å². The SMILES string of the molecule is CCOc1cccc(CC(=O)NC2C(=O)N3C(C(=O)OC(C)(C)C)=C(O)CS[C@@H]23)c1. The first kappa shape index (κ1) is 22.0. The number of aliphatic hydroxyl groups is 1. The number of thioether (sulfide) groups is 1. The highest BCUT2D eigenvalue weighted by molar-refractivity contribution is 8.00. The van der Waals surface area contributed by atoms with Gasteiger partial charge in [-0.05, 0) is 45.4 Å². The number of hydrogen-bond donors (Lipinski definition) is 2. The number of β-lactam (4-membered cyclic amide) rings is 1. The number of nitrogens with zero attached hydrogens (tertiary/aromatic N) is 1. The second-order valence-corrected chi connectivity index (χ2v) is 9.11. The number of ether oxygens (including phenoxy) is 2. The number of esters is 1. The molecule has 1 saturated heterocycles. The maximum absolute atomic E-state index is 12.7. The summed E-state index contributed by atoms with van der Waals surface area (Å²) in [4.78, 5) is 38.8. The van der Waals surface area contributed by atoms with E-state index in [4.69, 9.17) is 9.47 Å². The van der Waals surface area contributed by atoms with E-state index in [-0.39, 0.29) is 29.5 Å². The topological polar surface area (TPSA) is 105 Å². The minimum atomic E-state index is -0.762. The van der Waals surface area contributed by atoms with Crippen molar-refractivity contribution in [2.24, 2.45) is 0 Å². The molecule has 9 heteroatoms. The first-order valence-corrected chi connectivity index (χ1v) is 10.8. The standard InChI is InChI=1S/C21H26N2O6S/c1-5-28-13-8-6-7-12(9-13)10-15(25)22-16-18(26)23-17(14(24)11-30-19(16)23)20(27)29-21(2,3)4/h6-9,16,19,24H,5,10-11H2,1-4H3,(H,22,25)/t16?,19-/m0/s1. The predicted octanol–water partition coefficient (Wildman–Crippen LogP) is 2.14. The van der Waals surface area contributed by atoms with E-state index in [1.165, 1.54) is 16.7 Å². The Morgan fingerprint density at radius 2 is 2.07 bits per heavy atom. The summed E-state index contributed by atoms with van der Waals surface area (Å²) in [7, 11) is 0. The van der Waals surface area contributed by atoms with Crippen LogP contribution in [-0.4, -0.2) is 57.2 Å². The van der Waals surface area contributed by atoms with Crippen LogP contribution in [0.15, 0.2) is 35.7 Å². The average molecular weight is 435 g/mol. The molecule has 2 aliphatic rings. The van der Waals surface area contributed by atoms with Crippen molar-refractivity contribution < 1.29 is 29.0 Å². The highest BCUT2D eigenvalue weighted by Crippen LogP contribution is 2.40. The highest BCUT2D eigenvalue weighted by atomic mass is 32.2. The number of benzene rings is 1. The fourth-order valence-electron chi connectivity index (χ4n) is 3.24. The van der Waals surface area contributed by atoms with Crippen LogP contribution in [0.25, 0.3) is 0 Å². The van der Waals surface area contributed by atoms with E-state index in [9.17, 15) is 19.5 Å². The third-order valence-electron chi connectivity index (χ3n) is 4.43. The molecule has 2 amide bonds. The lowest BCUT2D eigenvalue weighted by Gasteiger charge is -2.49. The molecule has 2 aliphatic heterocycles. The molecular weight excluding hydrogens is 408 g/mol. The highest BCUT2D eigenvalue weighted by Gasteiger charge is 2.55. The van der Waals surface area contributed by atoms with Gasteiger partial charge in [-0.2, -0.15) is 0 Å². The van der Waals surface area contributed by atoms with Crippen LogP contribution < -0.4 is 10.1 Å². The Morgan fingerprint density at radius 3 is 2.73 bits per heavy atom. The average Bonchev–Trinajstić information content (AvgIpc) is 2.65. The van der Waals surface area contributed by atoms with E-state index in [0.717, 1.165) is 5.56 Å². The fraction of sp³-hybridized carbons (Fsp3) is 0.476. The summed E-state index contributed by atoms with van der Waals surface area (Å²) in [6, 6.07) is 6.46. The van der Waals surface area contributed by atoms with Gasteiger partial charge in [0.15, 0.2) is 5.70 Å². The number of amides is 2. The maximum Gasteiger partial charge on any atom is 0.359 e. The second-order valence-electron chi connectivity index (χ2n) is 8.01. The van der Waals surface area contributed by atoms with E-state index in [2.05, 4.69) is 5.32 Å². The number of fused-ring (bicyclic) bond motifs is 1. The van der Waals surface area contributed by atoms with E-state index in [0.29, 0.717) is 12.4 Å². The van der Waals surface area contributed by atoms with Crippen molar-refractivity contribution in [1.82, 2.24) is 10.2 Å². The smallest absolute Gasteiger partial charge is 0.359 e. The minimum absolute atomic E-state index is 0.0993. The molecule has 8 nitrogen and oxygen atoms in total. The summed E-state index contributed by atoms with van der Waals surface area (Å²) < 4.78 is 10.8. The largest absolute Gasteiger partial charge is 0.509 e. The predicted molar refractivity (Wildman–Crippen MR) is 112 cm³/mol. The number of carbonyl (C=O) groups excluding carboxylic acids is 3. The van der Waals surface area contributed by atoms with E-state index < -0.39 is 28.9 Å². The van der Waals surface area contributed by atoms with Crippen molar-refractivity contribution >= 4 is 29.5 Å². The molecule has 1 aromatic rings. The number of hydrogen-bond acceptors (Lipinski definition) is 7. The van der Waals surface area contributed by atoms with Crippen LogP contribution in [0.3, 0.4) is 0 Å². The van der Waals surface area contributed by atoms with Gasteiger partial charge in [-0.3, -0.25) is 14.5 Å². The molecule has 162 valence electrons. The van der Waals surface area contributed by atoms with Crippen molar-refractivity contribution in [2.75, 3.05) is 12.4 Å². The Balaban J connectivity index is 1.65. The van der Waals surface area contributed by atoms with Gasteiger partial charge in [0.25, 0.3) is 5.91 Å². The molecule has 2 N–H and O–H groups in total. The normalized spacial score (nSPS) is 20.9. The molecule has 30 heavy (non-hydrogen) atoms. The van der Waals surface area contributed by atoms with Gasteiger partial charge in [0, 0.05) is 0 Å². The molecule has 0 saturated carbocycles. The van der Waals surface area contributed by atoms with Crippen LogP contribution >= 0.6 is 11.8 Å². The molecule has 1 unspecified atom stereocenters. The van der Waals surface area contributed by atoms with Crippen molar-refractivity contribution in [2.45, 2.75) is 51.1 Å². The molecule has 0 aliphatic carbocycles. The van der Waals surface area contributed by atoms with Crippen molar-refractivity contribution in [3.8, 4) is 5.75 Å². The van der Waals surface area contributed by atoms with Crippen LogP contribution in [0.2, 0.25) is 0 Å². The summed E-state index contributed by atoms with van der Waals surface area (Å²) in [5.74, 6) is -0.867. The summed E-state index contributed by atoms with van der Waals surface area (Å²) in [5, 5.41) is 12.5. The molecule has 2 heterocycles. The van der Waals surface area contributed by atoms with Crippen LogP contribution in [0.4, 0.5) is 0 Å². The van der Waals surface area contributed by atoms with E-state index in [1.807, 2.05) is 25.1 Å². The fourth-order valence-corrected chi connectivity index (χ4v) is 4.44. The lowest BCUT2D eigenvalue weighted by Crippen LogP contribution is -2.70. The lowest BCUT2D eigenvalue weighted by atomic mass is 10.0. The van der Waals surface area contributed by atoms with Gasteiger partial charge in [-0.1, -0.05) is 12.1 Å².